The van der Waals surface area contributed by atoms with Crippen LogP contribution in [0.4, 0.5) is 5.69 Å². The second kappa shape index (κ2) is 4.38. The molecule has 1 aromatic heterocycles. The van der Waals surface area contributed by atoms with Gasteiger partial charge in [-0.25, -0.2) is 13.1 Å². The van der Waals surface area contributed by atoms with Crippen LogP contribution in [0.15, 0.2) is 35.5 Å². The average molecular weight is 277 g/mol. The summed E-state index contributed by atoms with van der Waals surface area (Å²) in [5.74, 6) is 0. The lowest BCUT2D eigenvalue weighted by Crippen LogP contribution is -2.14. The largest absolute Gasteiger partial charge is 0.383 e. The summed E-state index contributed by atoms with van der Waals surface area (Å²) >= 11 is 0. The standard InChI is InChI=1S/C13H15N3O2S/c1-19(17,18)11-8-15-16(9-11)12-6-2-4-10-5-3-7-14-13(10)12/h2,4,6,8-9,14H,3,5,7H2,1H3. The Hall–Kier alpha value is -1.82. The number of fused-ring (bicyclic) bond motifs is 1. The lowest BCUT2D eigenvalue weighted by atomic mass is 10.0. The Morgan fingerprint density at radius 2 is 2.21 bits per heavy atom. The van der Waals surface area contributed by atoms with Crippen LogP contribution in [0.1, 0.15) is 12.0 Å². The molecule has 0 aliphatic carbocycles. The second-order valence-corrected chi connectivity index (χ2v) is 6.75. The van der Waals surface area contributed by atoms with Crippen molar-refractivity contribution in [1.29, 1.82) is 0 Å². The highest BCUT2D eigenvalue weighted by molar-refractivity contribution is 7.90. The van der Waals surface area contributed by atoms with E-state index in [1.54, 1.807) is 10.9 Å². The molecule has 1 aliphatic rings. The summed E-state index contributed by atoms with van der Waals surface area (Å²) in [5.41, 5.74) is 3.20. The third kappa shape index (κ3) is 2.23. The number of nitrogens with zero attached hydrogens (tertiary/aromatic N) is 2. The third-order valence-corrected chi connectivity index (χ3v) is 4.35. The highest BCUT2D eigenvalue weighted by Gasteiger charge is 2.16. The van der Waals surface area contributed by atoms with Crippen molar-refractivity contribution in [3.05, 3.63) is 36.2 Å². The fourth-order valence-electron chi connectivity index (χ4n) is 2.31. The van der Waals surface area contributed by atoms with E-state index < -0.39 is 9.84 Å². The van der Waals surface area contributed by atoms with Gasteiger partial charge in [-0.3, -0.25) is 0 Å². The quantitative estimate of drug-likeness (QED) is 0.906. The molecular formula is C13H15N3O2S. The molecule has 1 aliphatic heterocycles. The molecule has 0 saturated carbocycles. The molecule has 100 valence electrons. The van der Waals surface area contributed by atoms with Crippen LogP contribution in [0.3, 0.4) is 0 Å². The van der Waals surface area contributed by atoms with E-state index in [1.807, 2.05) is 12.1 Å². The molecule has 0 saturated heterocycles. The number of aromatic nitrogens is 2. The van der Waals surface area contributed by atoms with Crippen LogP contribution < -0.4 is 5.32 Å². The number of para-hydroxylation sites is 1. The minimum atomic E-state index is -3.22. The first-order chi connectivity index (χ1) is 9.05. The van der Waals surface area contributed by atoms with Gasteiger partial charge in [0.05, 0.1) is 17.6 Å². The number of anilines is 1. The van der Waals surface area contributed by atoms with Crippen LogP contribution in [0.25, 0.3) is 5.69 Å². The molecule has 2 aromatic rings. The monoisotopic (exact) mass is 277 g/mol. The van der Waals surface area contributed by atoms with Gasteiger partial charge in [0.2, 0.25) is 0 Å². The Bertz CT molecular complexity index is 719. The van der Waals surface area contributed by atoms with Gasteiger partial charge in [0, 0.05) is 19.0 Å². The van der Waals surface area contributed by atoms with Gasteiger partial charge in [0.25, 0.3) is 0 Å². The molecule has 19 heavy (non-hydrogen) atoms. The fraction of sp³-hybridized carbons (Fsp3) is 0.308. The van der Waals surface area contributed by atoms with Gasteiger partial charge in [0.15, 0.2) is 9.84 Å². The maximum Gasteiger partial charge on any atom is 0.178 e. The van der Waals surface area contributed by atoms with Gasteiger partial charge in [-0.1, -0.05) is 12.1 Å². The summed E-state index contributed by atoms with van der Waals surface area (Å²) in [6, 6.07) is 6.01. The summed E-state index contributed by atoms with van der Waals surface area (Å²) < 4.78 is 24.6. The summed E-state index contributed by atoms with van der Waals surface area (Å²) in [5, 5.41) is 7.53. The lowest BCUT2D eigenvalue weighted by molar-refractivity contribution is 0.602. The van der Waals surface area contributed by atoms with Crippen LogP contribution in [0, 0.1) is 0 Å². The minimum Gasteiger partial charge on any atom is -0.383 e. The number of nitrogens with one attached hydrogen (secondary N) is 1. The Kier molecular flexibility index (Phi) is 2.82. The average Bonchev–Trinajstić information content (AvgIpc) is 2.87. The number of hydrogen-bond donors (Lipinski definition) is 1. The fourth-order valence-corrected chi connectivity index (χ4v) is 2.84. The maximum atomic E-state index is 11.5. The van der Waals surface area contributed by atoms with E-state index in [1.165, 1.54) is 18.0 Å². The van der Waals surface area contributed by atoms with Crippen LogP contribution in [-0.2, 0) is 16.3 Å². The first kappa shape index (κ1) is 12.2. The van der Waals surface area contributed by atoms with Crippen molar-refractivity contribution in [2.75, 3.05) is 18.1 Å². The molecule has 0 fully saturated rings. The summed E-state index contributed by atoms with van der Waals surface area (Å²) in [4.78, 5) is 0.237. The normalized spacial score (nSPS) is 14.8. The van der Waals surface area contributed by atoms with Crippen molar-refractivity contribution < 1.29 is 8.42 Å². The molecule has 1 aromatic carbocycles. The van der Waals surface area contributed by atoms with E-state index in [2.05, 4.69) is 16.5 Å². The van der Waals surface area contributed by atoms with Gasteiger partial charge < -0.3 is 5.32 Å². The van der Waals surface area contributed by atoms with Gasteiger partial charge in [0.1, 0.15) is 4.90 Å². The zero-order chi connectivity index (χ0) is 13.5. The Labute approximate surface area is 112 Å². The Morgan fingerprint density at radius 3 is 2.95 bits per heavy atom. The summed E-state index contributed by atoms with van der Waals surface area (Å²) in [6.45, 7) is 0.935. The van der Waals surface area contributed by atoms with Crippen molar-refractivity contribution in [3.8, 4) is 5.69 Å². The molecule has 0 atom stereocenters. The summed E-state index contributed by atoms with van der Waals surface area (Å²) in [6.07, 6.45) is 6.28. The van der Waals surface area contributed by atoms with Crippen LogP contribution in [0.2, 0.25) is 0 Å². The maximum absolute atomic E-state index is 11.5. The molecule has 0 amide bonds. The SMILES string of the molecule is CS(=O)(=O)c1cnn(-c2cccc3c2NCCC3)c1. The highest BCUT2D eigenvalue weighted by Crippen LogP contribution is 2.28. The van der Waals surface area contributed by atoms with Crippen molar-refractivity contribution in [2.24, 2.45) is 0 Å². The van der Waals surface area contributed by atoms with Gasteiger partial charge in [-0.2, -0.15) is 5.10 Å². The molecule has 6 heteroatoms. The van der Waals surface area contributed by atoms with Crippen molar-refractivity contribution >= 4 is 15.5 Å². The first-order valence-electron chi connectivity index (χ1n) is 6.16. The second-order valence-electron chi connectivity index (χ2n) is 4.73. The highest BCUT2D eigenvalue weighted by atomic mass is 32.2. The van der Waals surface area contributed by atoms with Gasteiger partial charge in [-0.15, -0.1) is 0 Å². The zero-order valence-corrected chi connectivity index (χ0v) is 11.4. The van der Waals surface area contributed by atoms with Gasteiger partial charge >= 0.3 is 0 Å². The molecule has 0 unspecified atom stereocenters. The minimum absolute atomic E-state index is 0.237. The van der Waals surface area contributed by atoms with Gasteiger partial charge in [-0.05, 0) is 24.5 Å². The molecule has 0 bridgehead atoms. The lowest BCUT2D eigenvalue weighted by Gasteiger charge is -2.20. The van der Waals surface area contributed by atoms with Crippen molar-refractivity contribution in [3.63, 3.8) is 0 Å². The Morgan fingerprint density at radius 1 is 1.37 bits per heavy atom. The van der Waals surface area contributed by atoms with Crippen LogP contribution >= 0.6 is 0 Å². The zero-order valence-electron chi connectivity index (χ0n) is 10.6. The molecule has 5 nitrogen and oxygen atoms in total. The number of sulfone groups is 1. The van der Waals surface area contributed by atoms with E-state index in [0.29, 0.717) is 0 Å². The number of hydrogen-bond acceptors (Lipinski definition) is 4. The van der Waals surface area contributed by atoms with E-state index in [9.17, 15) is 8.42 Å². The van der Waals surface area contributed by atoms with Crippen LogP contribution in [0.5, 0.6) is 0 Å². The molecule has 1 N–H and O–H groups in total. The van der Waals surface area contributed by atoms with Crippen molar-refractivity contribution in [2.45, 2.75) is 17.7 Å². The van der Waals surface area contributed by atoms with E-state index in [-0.39, 0.29) is 4.90 Å². The molecule has 3 rings (SSSR count). The number of benzene rings is 1. The predicted molar refractivity (Wildman–Crippen MR) is 73.5 cm³/mol. The summed E-state index contributed by atoms with van der Waals surface area (Å²) in [7, 11) is -3.22. The number of rotatable bonds is 2. The molecular weight excluding hydrogens is 262 g/mol. The topological polar surface area (TPSA) is 64.0 Å². The van der Waals surface area contributed by atoms with Crippen LogP contribution in [-0.4, -0.2) is 31.0 Å². The third-order valence-electron chi connectivity index (χ3n) is 3.29. The van der Waals surface area contributed by atoms with Crippen molar-refractivity contribution in [1.82, 2.24) is 9.78 Å². The van der Waals surface area contributed by atoms with E-state index >= 15 is 0 Å². The molecule has 0 spiro atoms. The molecule has 0 radical (unpaired) electrons. The smallest absolute Gasteiger partial charge is 0.178 e. The van der Waals surface area contributed by atoms with E-state index in [4.69, 9.17) is 0 Å². The van der Waals surface area contributed by atoms with E-state index in [0.717, 1.165) is 30.8 Å². The number of aryl methyl sites for hydroxylation is 1. The Balaban J connectivity index is 2.10. The predicted octanol–water partition coefficient (Wildman–Crippen LogP) is 1.63. The first-order valence-corrected chi connectivity index (χ1v) is 8.06. The molecule has 2 heterocycles.